The monoisotopic (exact) mass is 155 g/mol. The Morgan fingerprint density at radius 2 is 2.36 bits per heavy atom. The van der Waals surface area contributed by atoms with Crippen LogP contribution in [0.2, 0.25) is 0 Å². The highest BCUT2D eigenvalue weighted by atomic mass is 16.5. The minimum atomic E-state index is -0.490. The number of rotatable bonds is 3. The van der Waals surface area contributed by atoms with Crippen molar-refractivity contribution in [3.8, 4) is 0 Å². The Hall–Kier alpha value is -1.25. The molecule has 3 nitrogen and oxygen atoms in total. The van der Waals surface area contributed by atoms with Gasteiger partial charge in [0.2, 0.25) is 0 Å². The Balaban J connectivity index is 3.69. The van der Waals surface area contributed by atoms with Crippen molar-refractivity contribution < 1.29 is 9.53 Å². The number of allylic oxidation sites excluding steroid dienone is 2. The number of amides is 1. The molecule has 3 heteroatoms. The fraction of sp³-hybridized carbons (Fsp3) is 0.375. The molecule has 0 heterocycles. The fourth-order valence-electron chi connectivity index (χ4n) is 0.484. The van der Waals surface area contributed by atoms with Crippen LogP contribution in [0.4, 0.5) is 4.79 Å². The molecule has 0 unspecified atom stereocenters. The zero-order chi connectivity index (χ0) is 8.69. The predicted molar refractivity (Wildman–Crippen MR) is 44.1 cm³/mol. The third-order valence-corrected chi connectivity index (χ3v) is 1.00. The van der Waals surface area contributed by atoms with Gasteiger partial charge >= 0.3 is 6.09 Å². The number of hydrogen-bond acceptors (Lipinski definition) is 2. The Kier molecular flexibility index (Phi) is 4.90. The lowest BCUT2D eigenvalue weighted by atomic mass is 10.3. The molecule has 0 aliphatic rings. The predicted octanol–water partition coefficient (Wildman–Crippen LogP) is 1.82. The van der Waals surface area contributed by atoms with Gasteiger partial charge in [0.1, 0.15) is 0 Å². The molecular formula is C8H13NO2. The average molecular weight is 155 g/mol. The SMILES string of the molecule is C=C(/C=C\CC)NC(=O)OC. The smallest absolute Gasteiger partial charge is 0.411 e. The zero-order valence-corrected chi connectivity index (χ0v) is 6.89. The molecule has 0 fully saturated rings. The minimum absolute atomic E-state index is 0.490. The molecule has 0 spiro atoms. The van der Waals surface area contributed by atoms with Crippen molar-refractivity contribution in [2.45, 2.75) is 13.3 Å². The van der Waals surface area contributed by atoms with Gasteiger partial charge in [-0.2, -0.15) is 0 Å². The molecule has 11 heavy (non-hydrogen) atoms. The Labute approximate surface area is 66.7 Å². The van der Waals surface area contributed by atoms with E-state index in [1.807, 2.05) is 13.0 Å². The first-order valence-corrected chi connectivity index (χ1v) is 3.41. The quantitative estimate of drug-likeness (QED) is 0.631. The molecule has 0 aromatic carbocycles. The maximum atomic E-state index is 10.6. The molecule has 0 saturated heterocycles. The standard InChI is InChI=1S/C8H13NO2/c1-4-5-6-7(2)9-8(10)11-3/h5-6H,2,4H2,1,3H3,(H,9,10)/b6-5-. The topological polar surface area (TPSA) is 38.3 Å². The van der Waals surface area contributed by atoms with Crippen LogP contribution < -0.4 is 5.32 Å². The van der Waals surface area contributed by atoms with E-state index in [0.29, 0.717) is 5.70 Å². The number of nitrogens with one attached hydrogen (secondary N) is 1. The van der Waals surface area contributed by atoms with Gasteiger partial charge in [-0.15, -0.1) is 0 Å². The normalized spacial score (nSPS) is 9.64. The zero-order valence-electron chi connectivity index (χ0n) is 6.89. The Morgan fingerprint density at radius 3 is 2.82 bits per heavy atom. The van der Waals surface area contributed by atoms with Crippen molar-refractivity contribution in [2.75, 3.05) is 7.11 Å². The van der Waals surface area contributed by atoms with Gasteiger partial charge in [-0.25, -0.2) is 4.79 Å². The van der Waals surface area contributed by atoms with Crippen LogP contribution in [0.3, 0.4) is 0 Å². The second-order valence-electron chi connectivity index (χ2n) is 1.95. The van der Waals surface area contributed by atoms with E-state index in [4.69, 9.17) is 0 Å². The number of alkyl carbamates (subject to hydrolysis) is 1. The highest BCUT2D eigenvalue weighted by Crippen LogP contribution is 1.89. The summed E-state index contributed by atoms with van der Waals surface area (Å²) in [6.45, 7) is 5.58. The maximum absolute atomic E-state index is 10.6. The fourth-order valence-corrected chi connectivity index (χ4v) is 0.484. The van der Waals surface area contributed by atoms with Crippen LogP contribution in [0.5, 0.6) is 0 Å². The Morgan fingerprint density at radius 1 is 1.73 bits per heavy atom. The van der Waals surface area contributed by atoms with Gasteiger partial charge in [-0.1, -0.05) is 19.6 Å². The molecule has 0 aliphatic heterocycles. The van der Waals surface area contributed by atoms with E-state index in [2.05, 4.69) is 16.6 Å². The number of methoxy groups -OCH3 is 1. The lowest BCUT2D eigenvalue weighted by molar-refractivity contribution is 0.174. The van der Waals surface area contributed by atoms with E-state index in [1.54, 1.807) is 6.08 Å². The number of ether oxygens (including phenoxy) is 1. The van der Waals surface area contributed by atoms with E-state index in [9.17, 15) is 4.79 Å². The van der Waals surface area contributed by atoms with Gasteiger partial charge in [-0.3, -0.25) is 5.32 Å². The van der Waals surface area contributed by atoms with Gasteiger partial charge in [0.25, 0.3) is 0 Å². The Bertz CT molecular complexity index is 173. The lowest BCUT2D eigenvalue weighted by Gasteiger charge is -2.00. The molecule has 0 radical (unpaired) electrons. The van der Waals surface area contributed by atoms with Crippen molar-refractivity contribution >= 4 is 6.09 Å². The number of hydrogen-bond donors (Lipinski definition) is 1. The van der Waals surface area contributed by atoms with E-state index >= 15 is 0 Å². The summed E-state index contributed by atoms with van der Waals surface area (Å²) in [7, 11) is 1.31. The molecule has 0 aliphatic carbocycles. The van der Waals surface area contributed by atoms with Gasteiger partial charge in [0, 0.05) is 5.70 Å². The largest absolute Gasteiger partial charge is 0.453 e. The molecule has 0 aromatic heterocycles. The van der Waals surface area contributed by atoms with Gasteiger partial charge in [0.15, 0.2) is 0 Å². The van der Waals surface area contributed by atoms with Crippen LogP contribution in [0, 0.1) is 0 Å². The van der Waals surface area contributed by atoms with E-state index < -0.39 is 6.09 Å². The summed E-state index contributed by atoms with van der Waals surface area (Å²) in [6.07, 6.45) is 4.06. The summed E-state index contributed by atoms with van der Waals surface area (Å²) in [5, 5.41) is 2.42. The molecule has 1 amide bonds. The van der Waals surface area contributed by atoms with Crippen LogP contribution in [0.25, 0.3) is 0 Å². The van der Waals surface area contributed by atoms with Crippen molar-refractivity contribution in [3.63, 3.8) is 0 Å². The van der Waals surface area contributed by atoms with Crippen LogP contribution in [-0.2, 0) is 4.74 Å². The molecule has 62 valence electrons. The summed E-state index contributed by atoms with van der Waals surface area (Å²) in [5.74, 6) is 0. The van der Waals surface area contributed by atoms with E-state index in [1.165, 1.54) is 7.11 Å². The number of carbonyl (C=O) groups is 1. The molecule has 0 aromatic rings. The third-order valence-electron chi connectivity index (χ3n) is 1.00. The number of carbonyl (C=O) groups excluding carboxylic acids is 1. The van der Waals surface area contributed by atoms with Crippen molar-refractivity contribution in [2.24, 2.45) is 0 Å². The highest BCUT2D eigenvalue weighted by Gasteiger charge is 1.96. The minimum Gasteiger partial charge on any atom is -0.453 e. The van der Waals surface area contributed by atoms with Crippen molar-refractivity contribution in [3.05, 3.63) is 24.4 Å². The first-order valence-electron chi connectivity index (χ1n) is 3.41. The summed E-state index contributed by atoms with van der Waals surface area (Å²) >= 11 is 0. The third kappa shape index (κ3) is 5.21. The summed E-state index contributed by atoms with van der Waals surface area (Å²) in [6, 6.07) is 0. The van der Waals surface area contributed by atoms with Gasteiger partial charge < -0.3 is 4.74 Å². The molecule has 1 N–H and O–H groups in total. The molecule has 0 bridgehead atoms. The van der Waals surface area contributed by atoms with Crippen LogP contribution in [0.15, 0.2) is 24.4 Å². The lowest BCUT2D eigenvalue weighted by Crippen LogP contribution is -2.20. The van der Waals surface area contributed by atoms with Gasteiger partial charge in [-0.05, 0) is 12.5 Å². The van der Waals surface area contributed by atoms with E-state index in [0.717, 1.165) is 6.42 Å². The average Bonchev–Trinajstić information content (AvgIpc) is 2.00. The summed E-state index contributed by atoms with van der Waals surface area (Å²) in [5.41, 5.74) is 0.540. The van der Waals surface area contributed by atoms with Crippen molar-refractivity contribution in [1.29, 1.82) is 0 Å². The second-order valence-corrected chi connectivity index (χ2v) is 1.95. The van der Waals surface area contributed by atoms with Crippen LogP contribution in [0.1, 0.15) is 13.3 Å². The molecular weight excluding hydrogens is 142 g/mol. The first kappa shape index (κ1) is 9.75. The summed E-state index contributed by atoms with van der Waals surface area (Å²) in [4.78, 5) is 10.6. The summed E-state index contributed by atoms with van der Waals surface area (Å²) < 4.78 is 4.36. The van der Waals surface area contributed by atoms with Crippen LogP contribution in [-0.4, -0.2) is 13.2 Å². The second kappa shape index (κ2) is 5.53. The highest BCUT2D eigenvalue weighted by molar-refractivity contribution is 5.69. The molecule has 0 saturated carbocycles. The van der Waals surface area contributed by atoms with E-state index in [-0.39, 0.29) is 0 Å². The van der Waals surface area contributed by atoms with Crippen LogP contribution >= 0.6 is 0 Å². The first-order chi connectivity index (χ1) is 5.20. The maximum Gasteiger partial charge on any atom is 0.411 e. The van der Waals surface area contributed by atoms with Crippen molar-refractivity contribution in [1.82, 2.24) is 5.32 Å². The molecule has 0 rings (SSSR count). The van der Waals surface area contributed by atoms with Gasteiger partial charge in [0.05, 0.1) is 7.11 Å². The molecule has 0 atom stereocenters.